The summed E-state index contributed by atoms with van der Waals surface area (Å²) in [4.78, 5) is 15.5. The van der Waals surface area contributed by atoms with Crippen molar-refractivity contribution in [2.24, 2.45) is 0 Å². The summed E-state index contributed by atoms with van der Waals surface area (Å²) in [6.07, 6.45) is 5.42. The molecule has 6 heteroatoms. The summed E-state index contributed by atoms with van der Waals surface area (Å²) in [5.41, 5.74) is 1.55. The fourth-order valence-corrected chi connectivity index (χ4v) is 1.96. The standard InChI is InChI=1S/C10H12N6/c1-16-4-2-3-7(16)15-10-8-9(12-5-11-8)13-6-14-10/h5-6H,2-4H2,1H3,(H,11,12,13,14)/p+1. The molecule has 0 bridgehead atoms. The predicted octanol–water partition coefficient (Wildman–Crippen LogP) is 0.599. The minimum atomic E-state index is 0.693. The normalized spacial score (nSPS) is 16.1. The minimum Gasteiger partial charge on any atom is -0.338 e. The first-order valence-corrected chi connectivity index (χ1v) is 5.32. The molecular weight excluding hydrogens is 204 g/mol. The molecule has 1 aliphatic heterocycles. The lowest BCUT2D eigenvalue weighted by Gasteiger charge is -2.00. The monoisotopic (exact) mass is 217 g/mol. The van der Waals surface area contributed by atoms with Crippen molar-refractivity contribution in [3.05, 3.63) is 12.7 Å². The molecule has 82 valence electrons. The third-order valence-corrected chi connectivity index (χ3v) is 2.85. The van der Waals surface area contributed by atoms with E-state index < -0.39 is 0 Å². The third-order valence-electron chi connectivity index (χ3n) is 2.85. The first-order chi connectivity index (χ1) is 7.84. The molecule has 3 rings (SSSR count). The molecule has 0 atom stereocenters. The van der Waals surface area contributed by atoms with E-state index in [1.807, 2.05) is 0 Å². The summed E-state index contributed by atoms with van der Waals surface area (Å²) in [6.45, 7) is 1.10. The van der Waals surface area contributed by atoms with E-state index in [1.54, 1.807) is 6.33 Å². The maximum atomic E-state index is 4.24. The van der Waals surface area contributed by atoms with Crippen LogP contribution >= 0.6 is 0 Å². The molecule has 1 aliphatic rings. The van der Waals surface area contributed by atoms with Crippen molar-refractivity contribution in [3.8, 4) is 0 Å². The van der Waals surface area contributed by atoms with Gasteiger partial charge < -0.3 is 4.98 Å². The molecule has 2 N–H and O–H groups in total. The number of anilines is 1. The summed E-state index contributed by atoms with van der Waals surface area (Å²) < 4.78 is 2.21. The number of nitrogens with one attached hydrogen (secondary N) is 2. The number of nitrogens with zero attached hydrogens (tertiary/aromatic N) is 4. The molecule has 2 aromatic rings. The quantitative estimate of drug-likeness (QED) is 0.686. The molecule has 0 unspecified atom stereocenters. The van der Waals surface area contributed by atoms with E-state index >= 15 is 0 Å². The van der Waals surface area contributed by atoms with Crippen LogP contribution < -0.4 is 5.32 Å². The Kier molecular flexibility index (Phi) is 2.05. The van der Waals surface area contributed by atoms with Crippen molar-refractivity contribution in [2.75, 3.05) is 18.9 Å². The Morgan fingerprint density at radius 1 is 1.38 bits per heavy atom. The highest BCUT2D eigenvalue weighted by Gasteiger charge is 2.20. The van der Waals surface area contributed by atoms with Crippen molar-refractivity contribution in [3.63, 3.8) is 0 Å². The lowest BCUT2D eigenvalue weighted by atomic mass is 10.3. The molecule has 6 nitrogen and oxygen atoms in total. The molecule has 0 saturated carbocycles. The van der Waals surface area contributed by atoms with Crippen LogP contribution in [0, 0.1) is 0 Å². The smallest absolute Gasteiger partial charge is 0.250 e. The zero-order chi connectivity index (χ0) is 11.0. The average Bonchev–Trinajstić information content (AvgIpc) is 2.89. The number of fused-ring (bicyclic) bond motifs is 1. The van der Waals surface area contributed by atoms with Crippen LogP contribution in [-0.2, 0) is 0 Å². The molecule has 0 saturated heterocycles. The first kappa shape index (κ1) is 9.26. The topological polar surface area (TPSA) is 69.5 Å². The van der Waals surface area contributed by atoms with E-state index in [9.17, 15) is 0 Å². The second-order valence-corrected chi connectivity index (χ2v) is 3.92. The van der Waals surface area contributed by atoms with Gasteiger partial charge in [-0.3, -0.25) is 4.58 Å². The lowest BCUT2D eigenvalue weighted by Crippen LogP contribution is -2.19. The molecule has 0 fully saturated rings. The molecule has 0 aromatic carbocycles. The molecule has 0 radical (unpaired) electrons. The van der Waals surface area contributed by atoms with Crippen LogP contribution in [0.4, 0.5) is 5.82 Å². The Hall–Kier alpha value is -1.98. The highest BCUT2D eigenvalue weighted by Crippen LogP contribution is 2.16. The number of hydrogen-bond acceptors (Lipinski definition) is 4. The maximum Gasteiger partial charge on any atom is 0.250 e. The predicted molar refractivity (Wildman–Crippen MR) is 60.6 cm³/mol. The summed E-state index contributed by atoms with van der Waals surface area (Å²) >= 11 is 0. The average molecular weight is 217 g/mol. The van der Waals surface area contributed by atoms with Gasteiger partial charge >= 0.3 is 0 Å². The van der Waals surface area contributed by atoms with Gasteiger partial charge in [0.05, 0.1) is 26.3 Å². The van der Waals surface area contributed by atoms with E-state index in [4.69, 9.17) is 0 Å². The lowest BCUT2D eigenvalue weighted by molar-refractivity contribution is -0.488. The molecular formula is C10H13N6+. The highest BCUT2D eigenvalue weighted by molar-refractivity contribution is 5.97. The Morgan fingerprint density at radius 2 is 2.31 bits per heavy atom. The van der Waals surface area contributed by atoms with Crippen LogP contribution in [0.25, 0.3) is 11.2 Å². The Morgan fingerprint density at radius 3 is 3.12 bits per heavy atom. The van der Waals surface area contributed by atoms with Crippen molar-refractivity contribution in [1.29, 1.82) is 0 Å². The Bertz CT molecular complexity index is 555. The number of rotatable bonds is 1. The van der Waals surface area contributed by atoms with E-state index in [0.29, 0.717) is 5.65 Å². The van der Waals surface area contributed by atoms with Crippen LogP contribution in [0.5, 0.6) is 0 Å². The van der Waals surface area contributed by atoms with Gasteiger partial charge in [0, 0.05) is 0 Å². The van der Waals surface area contributed by atoms with Gasteiger partial charge in [-0.15, -0.1) is 0 Å². The summed E-state index contributed by atoms with van der Waals surface area (Å²) in [5.74, 6) is 2.00. The van der Waals surface area contributed by atoms with Gasteiger partial charge in [0.1, 0.15) is 6.33 Å². The molecule has 3 heterocycles. The minimum absolute atomic E-state index is 0.693. The largest absolute Gasteiger partial charge is 0.338 e. The number of hydrogen-bond donors (Lipinski definition) is 2. The number of aromatic amines is 1. The van der Waals surface area contributed by atoms with Gasteiger partial charge in [-0.1, -0.05) is 0 Å². The van der Waals surface area contributed by atoms with Crippen LogP contribution in [0.2, 0.25) is 0 Å². The van der Waals surface area contributed by atoms with Crippen molar-refractivity contribution in [1.82, 2.24) is 19.9 Å². The van der Waals surface area contributed by atoms with Gasteiger partial charge in [-0.2, -0.15) is 4.98 Å². The van der Waals surface area contributed by atoms with Crippen LogP contribution in [0.1, 0.15) is 12.8 Å². The van der Waals surface area contributed by atoms with E-state index in [0.717, 1.165) is 24.3 Å². The number of aromatic nitrogens is 4. The summed E-state index contributed by atoms with van der Waals surface area (Å²) in [6, 6.07) is 0. The first-order valence-electron chi connectivity index (χ1n) is 5.32. The summed E-state index contributed by atoms with van der Waals surface area (Å²) in [7, 11) is 2.08. The molecule has 0 aliphatic carbocycles. The van der Waals surface area contributed by atoms with Gasteiger partial charge in [-0.25, -0.2) is 15.3 Å². The number of amidine groups is 1. The fraction of sp³-hybridized carbons (Fsp3) is 0.400. The van der Waals surface area contributed by atoms with Gasteiger partial charge in [0.25, 0.3) is 5.84 Å². The molecule has 16 heavy (non-hydrogen) atoms. The van der Waals surface area contributed by atoms with Crippen LogP contribution in [0.15, 0.2) is 12.7 Å². The van der Waals surface area contributed by atoms with E-state index in [1.165, 1.54) is 18.6 Å². The van der Waals surface area contributed by atoms with Crippen LogP contribution in [0.3, 0.4) is 0 Å². The zero-order valence-corrected chi connectivity index (χ0v) is 9.06. The SMILES string of the molecule is C[N+]1=C(Nc2ncnc3nc[nH]c23)CCC1. The van der Waals surface area contributed by atoms with Crippen LogP contribution in [-0.4, -0.2) is 43.9 Å². The molecule has 0 amide bonds. The van der Waals surface area contributed by atoms with Crippen molar-refractivity contribution in [2.45, 2.75) is 12.8 Å². The second kappa shape index (κ2) is 3.55. The highest BCUT2D eigenvalue weighted by atomic mass is 15.2. The van der Waals surface area contributed by atoms with E-state index in [-0.39, 0.29) is 0 Å². The van der Waals surface area contributed by atoms with Gasteiger partial charge in [0.2, 0.25) is 5.82 Å². The third kappa shape index (κ3) is 1.42. The summed E-state index contributed by atoms with van der Waals surface area (Å²) in [5, 5.41) is 3.34. The molecule has 2 aromatic heterocycles. The van der Waals surface area contributed by atoms with E-state index in [2.05, 4.69) is 36.9 Å². The number of imidazole rings is 1. The van der Waals surface area contributed by atoms with Gasteiger partial charge in [-0.05, 0) is 6.42 Å². The fourth-order valence-electron chi connectivity index (χ4n) is 1.96. The van der Waals surface area contributed by atoms with Crippen molar-refractivity contribution >= 4 is 22.8 Å². The zero-order valence-electron chi connectivity index (χ0n) is 9.06. The molecule has 0 spiro atoms. The van der Waals surface area contributed by atoms with Crippen molar-refractivity contribution < 1.29 is 4.58 Å². The second-order valence-electron chi connectivity index (χ2n) is 3.92. The Labute approximate surface area is 92.5 Å². The number of H-pyrrole nitrogens is 1. The maximum absolute atomic E-state index is 4.24. The van der Waals surface area contributed by atoms with Gasteiger partial charge in [0.15, 0.2) is 11.2 Å². The Balaban J connectivity index is 2.00.